The molecule has 1 fully saturated rings. The van der Waals surface area contributed by atoms with Crippen molar-refractivity contribution in [2.45, 2.75) is 13.3 Å². The van der Waals surface area contributed by atoms with E-state index >= 15 is 0 Å². The number of rotatable bonds is 4. The lowest BCUT2D eigenvalue weighted by Crippen LogP contribution is -2.49. The second kappa shape index (κ2) is 7.79. The number of hydrogen-bond donors (Lipinski definition) is 1. The van der Waals surface area contributed by atoms with Gasteiger partial charge in [0.2, 0.25) is 11.8 Å². The van der Waals surface area contributed by atoms with Crippen LogP contribution in [0, 0.1) is 6.92 Å². The van der Waals surface area contributed by atoms with Gasteiger partial charge in [-0.25, -0.2) is 4.98 Å². The van der Waals surface area contributed by atoms with E-state index < -0.39 is 0 Å². The molecule has 0 spiro atoms. The number of hydrogen-bond acceptors (Lipinski definition) is 4. The number of carbonyl (C=O) groups excluding carboxylic acids is 2. The van der Waals surface area contributed by atoms with Crippen LogP contribution in [-0.2, 0) is 9.59 Å². The minimum atomic E-state index is -0.277. The minimum absolute atomic E-state index is 0.128. The van der Waals surface area contributed by atoms with Crippen molar-refractivity contribution in [1.29, 1.82) is 0 Å². The molecule has 0 unspecified atom stereocenters. The van der Waals surface area contributed by atoms with Crippen LogP contribution in [0.5, 0.6) is 0 Å². The molecule has 1 aliphatic heterocycles. The Bertz CT molecular complexity index is 723. The van der Waals surface area contributed by atoms with E-state index in [9.17, 15) is 9.59 Å². The minimum Gasteiger partial charge on any atom is -0.353 e. The maximum Gasteiger partial charge on any atom is 0.233 e. The molecular formula is C19H22N4O2. The molecule has 1 saturated heterocycles. The Morgan fingerprint density at radius 2 is 1.76 bits per heavy atom. The summed E-state index contributed by atoms with van der Waals surface area (Å²) in [6.07, 6.45) is 1.64. The average molecular weight is 338 g/mol. The van der Waals surface area contributed by atoms with Crippen LogP contribution < -0.4 is 10.2 Å². The Hall–Kier alpha value is -2.89. The van der Waals surface area contributed by atoms with E-state index in [2.05, 4.69) is 15.2 Å². The topological polar surface area (TPSA) is 65.5 Å². The molecule has 3 rings (SSSR count). The summed E-state index contributed by atoms with van der Waals surface area (Å²) < 4.78 is 0. The van der Waals surface area contributed by atoms with Crippen molar-refractivity contribution in [3.05, 3.63) is 54.2 Å². The number of piperazine rings is 1. The molecule has 130 valence electrons. The molecule has 2 amide bonds. The first-order chi connectivity index (χ1) is 12.1. The van der Waals surface area contributed by atoms with E-state index in [1.54, 1.807) is 11.1 Å². The fraction of sp³-hybridized carbons (Fsp3) is 0.316. The van der Waals surface area contributed by atoms with E-state index in [-0.39, 0.29) is 18.2 Å². The summed E-state index contributed by atoms with van der Waals surface area (Å²) in [6, 6.07) is 13.3. The van der Waals surface area contributed by atoms with Gasteiger partial charge in [-0.1, -0.05) is 23.8 Å². The van der Waals surface area contributed by atoms with Crippen molar-refractivity contribution in [2.24, 2.45) is 0 Å². The summed E-state index contributed by atoms with van der Waals surface area (Å²) in [7, 11) is 0. The fourth-order valence-electron chi connectivity index (χ4n) is 2.82. The predicted octanol–water partition coefficient (Wildman–Crippen LogP) is 2.07. The van der Waals surface area contributed by atoms with Crippen molar-refractivity contribution in [2.75, 3.05) is 36.4 Å². The highest BCUT2D eigenvalue weighted by molar-refractivity contribution is 6.03. The number of aryl methyl sites for hydroxylation is 1. The molecule has 1 aromatic carbocycles. The van der Waals surface area contributed by atoms with E-state index in [0.29, 0.717) is 18.8 Å². The third kappa shape index (κ3) is 4.56. The van der Waals surface area contributed by atoms with E-state index in [1.807, 2.05) is 49.4 Å². The zero-order chi connectivity index (χ0) is 17.6. The van der Waals surface area contributed by atoms with Crippen LogP contribution in [0.1, 0.15) is 12.0 Å². The van der Waals surface area contributed by atoms with Crippen LogP contribution in [0.3, 0.4) is 0 Å². The molecule has 0 aliphatic carbocycles. The van der Waals surface area contributed by atoms with E-state index in [0.717, 1.165) is 24.5 Å². The highest BCUT2D eigenvalue weighted by atomic mass is 16.2. The number of amides is 2. The maximum absolute atomic E-state index is 12.3. The first-order valence-electron chi connectivity index (χ1n) is 8.42. The summed E-state index contributed by atoms with van der Waals surface area (Å²) in [4.78, 5) is 32.6. The molecule has 1 N–H and O–H groups in total. The van der Waals surface area contributed by atoms with Gasteiger partial charge < -0.3 is 15.1 Å². The van der Waals surface area contributed by atoms with Crippen LogP contribution in [-0.4, -0.2) is 47.9 Å². The predicted molar refractivity (Wildman–Crippen MR) is 97.5 cm³/mol. The Labute approximate surface area is 147 Å². The first kappa shape index (κ1) is 17.0. The van der Waals surface area contributed by atoms with Gasteiger partial charge in [-0.15, -0.1) is 0 Å². The van der Waals surface area contributed by atoms with Gasteiger partial charge in [0.1, 0.15) is 12.2 Å². The van der Waals surface area contributed by atoms with Gasteiger partial charge in [0, 0.05) is 38.1 Å². The van der Waals surface area contributed by atoms with Crippen LogP contribution in [0.25, 0.3) is 0 Å². The zero-order valence-corrected chi connectivity index (χ0v) is 14.3. The zero-order valence-electron chi connectivity index (χ0n) is 14.3. The van der Waals surface area contributed by atoms with Crippen LogP contribution in [0.15, 0.2) is 48.7 Å². The number of anilines is 2. The highest BCUT2D eigenvalue weighted by Gasteiger charge is 2.23. The van der Waals surface area contributed by atoms with Gasteiger partial charge in [0.25, 0.3) is 0 Å². The molecule has 25 heavy (non-hydrogen) atoms. The second-order valence-electron chi connectivity index (χ2n) is 6.15. The molecule has 0 bridgehead atoms. The number of nitrogens with zero attached hydrogens (tertiary/aromatic N) is 3. The smallest absolute Gasteiger partial charge is 0.233 e. The summed E-state index contributed by atoms with van der Waals surface area (Å²) in [5.41, 5.74) is 1.84. The number of pyridine rings is 1. The molecule has 2 aromatic rings. The van der Waals surface area contributed by atoms with Crippen LogP contribution >= 0.6 is 0 Å². The molecular weight excluding hydrogens is 316 g/mol. The molecule has 2 heterocycles. The number of nitrogens with one attached hydrogen (secondary N) is 1. The van der Waals surface area contributed by atoms with Crippen LogP contribution in [0.2, 0.25) is 0 Å². The molecule has 1 aliphatic rings. The quantitative estimate of drug-likeness (QED) is 0.867. The Morgan fingerprint density at radius 3 is 2.40 bits per heavy atom. The highest BCUT2D eigenvalue weighted by Crippen LogP contribution is 2.13. The average Bonchev–Trinajstić information content (AvgIpc) is 2.64. The number of aromatic nitrogens is 1. The van der Waals surface area contributed by atoms with Crippen molar-refractivity contribution in [1.82, 2.24) is 9.88 Å². The molecule has 6 heteroatoms. The summed E-state index contributed by atoms with van der Waals surface area (Å²) >= 11 is 0. The fourth-order valence-corrected chi connectivity index (χ4v) is 2.82. The molecule has 1 aromatic heterocycles. The van der Waals surface area contributed by atoms with E-state index in [1.165, 1.54) is 0 Å². The summed E-state index contributed by atoms with van der Waals surface area (Å²) in [5, 5.41) is 2.77. The maximum atomic E-state index is 12.3. The normalized spacial score (nSPS) is 14.3. The van der Waals surface area contributed by atoms with Crippen molar-refractivity contribution in [3.63, 3.8) is 0 Å². The molecule has 0 saturated carbocycles. The monoisotopic (exact) mass is 338 g/mol. The standard InChI is InChI=1S/C19H22N4O2/c1-15-5-7-16(8-6-15)21-18(24)14-19(25)23-12-10-22(11-13-23)17-4-2-3-9-20-17/h2-9H,10-14H2,1H3,(H,21,24). The third-order valence-corrected chi connectivity index (χ3v) is 4.25. The van der Waals surface area contributed by atoms with Crippen LogP contribution in [0.4, 0.5) is 11.5 Å². The van der Waals surface area contributed by atoms with Gasteiger partial charge >= 0.3 is 0 Å². The number of carbonyl (C=O) groups is 2. The lowest BCUT2D eigenvalue weighted by Gasteiger charge is -2.35. The molecule has 0 atom stereocenters. The first-order valence-corrected chi connectivity index (χ1v) is 8.42. The Balaban J connectivity index is 1.47. The lowest BCUT2D eigenvalue weighted by molar-refractivity contribution is -0.134. The largest absolute Gasteiger partial charge is 0.353 e. The third-order valence-electron chi connectivity index (χ3n) is 4.25. The lowest BCUT2D eigenvalue weighted by atomic mass is 10.2. The van der Waals surface area contributed by atoms with Gasteiger partial charge in [-0.2, -0.15) is 0 Å². The van der Waals surface area contributed by atoms with Gasteiger partial charge in [0.05, 0.1) is 0 Å². The van der Waals surface area contributed by atoms with Gasteiger partial charge in [-0.05, 0) is 31.2 Å². The summed E-state index contributed by atoms with van der Waals surface area (Å²) in [6.45, 7) is 4.64. The van der Waals surface area contributed by atoms with Gasteiger partial charge in [0.15, 0.2) is 0 Å². The SMILES string of the molecule is Cc1ccc(NC(=O)CC(=O)N2CCN(c3ccccn3)CC2)cc1. The number of benzene rings is 1. The molecule has 6 nitrogen and oxygen atoms in total. The van der Waals surface area contributed by atoms with E-state index in [4.69, 9.17) is 0 Å². The van der Waals surface area contributed by atoms with Crippen molar-refractivity contribution < 1.29 is 9.59 Å². The summed E-state index contributed by atoms with van der Waals surface area (Å²) in [5.74, 6) is 0.512. The van der Waals surface area contributed by atoms with Crippen molar-refractivity contribution >= 4 is 23.3 Å². The van der Waals surface area contributed by atoms with Gasteiger partial charge in [-0.3, -0.25) is 9.59 Å². The van der Waals surface area contributed by atoms with Crippen molar-refractivity contribution in [3.8, 4) is 0 Å². The second-order valence-corrected chi connectivity index (χ2v) is 6.15. The molecule has 0 radical (unpaired) electrons. The Kier molecular flexibility index (Phi) is 5.28. The Morgan fingerprint density at radius 1 is 1.04 bits per heavy atom.